The number of nitrogens with one attached hydrogen (secondary N) is 1. The van der Waals surface area contributed by atoms with Gasteiger partial charge in [-0.15, -0.1) is 0 Å². The number of rotatable bonds is 2. The molecule has 0 bridgehead atoms. The van der Waals surface area contributed by atoms with Crippen LogP contribution < -0.4 is 5.69 Å². The number of imidazole rings is 1. The van der Waals surface area contributed by atoms with Gasteiger partial charge in [0.25, 0.3) is 0 Å². The molecule has 5 nitrogen and oxygen atoms in total. The van der Waals surface area contributed by atoms with Crippen LogP contribution in [0.5, 0.6) is 0 Å². The van der Waals surface area contributed by atoms with Crippen molar-refractivity contribution >= 4 is 11.2 Å². The van der Waals surface area contributed by atoms with Crippen LogP contribution in [0.3, 0.4) is 0 Å². The number of H-pyrrole nitrogens is 1. The Morgan fingerprint density at radius 2 is 2.38 bits per heavy atom. The molecule has 13 heavy (non-hydrogen) atoms. The summed E-state index contributed by atoms with van der Waals surface area (Å²) in [5, 5.41) is 0. The van der Waals surface area contributed by atoms with Crippen LogP contribution in [-0.4, -0.2) is 19.5 Å². The first-order chi connectivity index (χ1) is 6.33. The summed E-state index contributed by atoms with van der Waals surface area (Å²) in [5.41, 5.74) is 1.25. The second kappa shape index (κ2) is 3.01. The first-order valence-corrected chi connectivity index (χ1v) is 4.22. The summed E-state index contributed by atoms with van der Waals surface area (Å²) in [5.74, 6) is 0. The van der Waals surface area contributed by atoms with Crippen LogP contribution in [0.1, 0.15) is 13.3 Å². The Morgan fingerprint density at radius 1 is 1.54 bits per heavy atom. The molecular formula is C8H10N4O. The zero-order valence-corrected chi connectivity index (χ0v) is 7.32. The number of aromatic amines is 1. The third kappa shape index (κ3) is 1.22. The van der Waals surface area contributed by atoms with Gasteiger partial charge in [-0.25, -0.2) is 9.78 Å². The molecular weight excluding hydrogens is 168 g/mol. The Balaban J connectivity index is 2.73. The van der Waals surface area contributed by atoms with Gasteiger partial charge in [-0.2, -0.15) is 4.98 Å². The van der Waals surface area contributed by atoms with Gasteiger partial charge in [-0.1, -0.05) is 6.92 Å². The summed E-state index contributed by atoms with van der Waals surface area (Å²) in [6.45, 7) is 2.67. The largest absolute Gasteiger partial charge is 0.349 e. The molecule has 0 aliphatic rings. The predicted octanol–water partition coefficient (Wildman–Crippen LogP) is 0.530. The molecule has 0 aliphatic carbocycles. The fraction of sp³-hybridized carbons (Fsp3) is 0.375. The van der Waals surface area contributed by atoms with E-state index in [2.05, 4.69) is 15.0 Å². The van der Waals surface area contributed by atoms with E-state index in [1.54, 1.807) is 10.9 Å². The van der Waals surface area contributed by atoms with Crippen molar-refractivity contribution in [3.8, 4) is 0 Å². The topological polar surface area (TPSA) is 63.6 Å². The second-order valence-electron chi connectivity index (χ2n) is 2.83. The lowest BCUT2D eigenvalue weighted by atomic mass is 10.4. The number of hydrogen-bond donors (Lipinski definition) is 1. The highest BCUT2D eigenvalue weighted by atomic mass is 16.1. The lowest BCUT2D eigenvalue weighted by Crippen LogP contribution is -2.22. The van der Waals surface area contributed by atoms with E-state index in [-0.39, 0.29) is 5.69 Å². The number of hydrogen-bond acceptors (Lipinski definition) is 3. The first-order valence-electron chi connectivity index (χ1n) is 4.22. The highest BCUT2D eigenvalue weighted by molar-refractivity contribution is 5.68. The minimum absolute atomic E-state index is 0.235. The molecule has 0 atom stereocenters. The molecule has 0 aromatic carbocycles. The Kier molecular flexibility index (Phi) is 1.84. The normalized spacial score (nSPS) is 10.8. The Labute approximate surface area is 74.4 Å². The van der Waals surface area contributed by atoms with Gasteiger partial charge in [0.05, 0.1) is 12.5 Å². The molecule has 0 saturated heterocycles. The summed E-state index contributed by atoms with van der Waals surface area (Å²) >= 11 is 0. The fourth-order valence-electron chi connectivity index (χ4n) is 1.31. The van der Waals surface area contributed by atoms with Gasteiger partial charge in [0.15, 0.2) is 5.65 Å². The van der Waals surface area contributed by atoms with E-state index in [1.165, 1.54) is 6.20 Å². The Hall–Kier alpha value is -1.65. The van der Waals surface area contributed by atoms with E-state index in [1.807, 2.05) is 6.92 Å². The molecule has 2 aromatic rings. The van der Waals surface area contributed by atoms with E-state index in [0.717, 1.165) is 11.9 Å². The van der Waals surface area contributed by atoms with Crippen LogP contribution in [0, 0.1) is 0 Å². The van der Waals surface area contributed by atoms with E-state index >= 15 is 0 Å². The van der Waals surface area contributed by atoms with Gasteiger partial charge in [0, 0.05) is 6.54 Å². The highest BCUT2D eigenvalue weighted by Gasteiger charge is 2.04. The summed E-state index contributed by atoms with van der Waals surface area (Å²) in [6, 6.07) is 0. The molecule has 2 heterocycles. The monoisotopic (exact) mass is 178 g/mol. The van der Waals surface area contributed by atoms with Crippen LogP contribution >= 0.6 is 0 Å². The van der Waals surface area contributed by atoms with Gasteiger partial charge >= 0.3 is 5.69 Å². The summed E-state index contributed by atoms with van der Waals surface area (Å²) < 4.78 is 1.58. The molecule has 0 aliphatic heterocycles. The third-order valence-electron chi connectivity index (χ3n) is 1.89. The van der Waals surface area contributed by atoms with Gasteiger partial charge in [-0.05, 0) is 6.42 Å². The van der Waals surface area contributed by atoms with E-state index < -0.39 is 0 Å². The van der Waals surface area contributed by atoms with Crippen LogP contribution in [0.25, 0.3) is 11.2 Å². The quantitative estimate of drug-likeness (QED) is 0.729. The first kappa shape index (κ1) is 7.97. The van der Waals surface area contributed by atoms with Crippen LogP contribution in [0.2, 0.25) is 0 Å². The molecule has 0 radical (unpaired) electrons. The molecule has 0 fully saturated rings. The van der Waals surface area contributed by atoms with Crippen molar-refractivity contribution in [2.45, 2.75) is 19.9 Å². The molecule has 0 saturated carbocycles. The van der Waals surface area contributed by atoms with E-state index in [9.17, 15) is 4.79 Å². The Morgan fingerprint density at radius 3 is 3.15 bits per heavy atom. The average Bonchev–Trinajstić information content (AvgIpc) is 2.58. The zero-order chi connectivity index (χ0) is 9.26. The van der Waals surface area contributed by atoms with Gasteiger partial charge < -0.3 is 4.98 Å². The summed E-state index contributed by atoms with van der Waals surface area (Å²) in [4.78, 5) is 22.0. The molecule has 2 aromatic heterocycles. The Bertz CT molecular complexity index is 470. The smallest absolute Gasteiger partial charge is 0.342 e. The van der Waals surface area contributed by atoms with Crippen molar-refractivity contribution in [3.05, 3.63) is 23.0 Å². The third-order valence-corrected chi connectivity index (χ3v) is 1.89. The fourth-order valence-corrected chi connectivity index (χ4v) is 1.31. The highest BCUT2D eigenvalue weighted by Crippen LogP contribution is 2.03. The van der Waals surface area contributed by atoms with Gasteiger partial charge in [0.2, 0.25) is 0 Å². The zero-order valence-electron chi connectivity index (χ0n) is 7.32. The van der Waals surface area contributed by atoms with E-state index in [0.29, 0.717) is 12.2 Å². The van der Waals surface area contributed by atoms with Crippen molar-refractivity contribution < 1.29 is 0 Å². The predicted molar refractivity (Wildman–Crippen MR) is 48.4 cm³/mol. The molecule has 1 N–H and O–H groups in total. The molecule has 2 rings (SSSR count). The maximum Gasteiger partial charge on any atom is 0.349 e. The number of fused-ring (bicyclic) bond motifs is 1. The molecule has 0 amide bonds. The van der Waals surface area contributed by atoms with Crippen molar-refractivity contribution in [1.82, 2.24) is 19.5 Å². The second-order valence-corrected chi connectivity index (χ2v) is 2.83. The molecule has 0 spiro atoms. The van der Waals surface area contributed by atoms with Crippen LogP contribution in [0.4, 0.5) is 0 Å². The van der Waals surface area contributed by atoms with Crippen molar-refractivity contribution in [2.75, 3.05) is 0 Å². The summed E-state index contributed by atoms with van der Waals surface area (Å²) in [6.07, 6.45) is 3.97. The number of aryl methyl sites for hydroxylation is 1. The standard InChI is InChI=1S/C8H10N4O/c1-2-3-12-7-6(10-5-11-7)4-9-8(12)13/h4-5H,2-3H2,1H3,(H,10,11). The van der Waals surface area contributed by atoms with Gasteiger partial charge in [0.1, 0.15) is 5.52 Å². The maximum atomic E-state index is 11.3. The maximum absolute atomic E-state index is 11.3. The SMILES string of the molecule is CCCn1c(=O)ncc2[nH]cnc21. The number of aromatic nitrogens is 4. The minimum Gasteiger partial charge on any atom is -0.342 e. The van der Waals surface area contributed by atoms with Gasteiger partial charge in [-0.3, -0.25) is 4.57 Å². The van der Waals surface area contributed by atoms with E-state index in [4.69, 9.17) is 0 Å². The molecule has 68 valence electrons. The minimum atomic E-state index is -0.235. The lowest BCUT2D eigenvalue weighted by molar-refractivity contribution is 0.655. The number of nitrogens with zero attached hydrogens (tertiary/aromatic N) is 3. The van der Waals surface area contributed by atoms with Crippen molar-refractivity contribution in [3.63, 3.8) is 0 Å². The average molecular weight is 178 g/mol. The lowest BCUT2D eigenvalue weighted by Gasteiger charge is -2.01. The van der Waals surface area contributed by atoms with Crippen molar-refractivity contribution in [1.29, 1.82) is 0 Å². The summed E-state index contributed by atoms with van der Waals surface area (Å²) in [7, 11) is 0. The molecule has 0 unspecified atom stereocenters. The molecule has 5 heteroatoms. The van der Waals surface area contributed by atoms with Crippen LogP contribution in [0.15, 0.2) is 17.3 Å². The van der Waals surface area contributed by atoms with Crippen LogP contribution in [-0.2, 0) is 6.54 Å². The van der Waals surface area contributed by atoms with Crippen molar-refractivity contribution in [2.24, 2.45) is 0 Å².